The van der Waals surface area contributed by atoms with E-state index in [4.69, 9.17) is 4.74 Å². The summed E-state index contributed by atoms with van der Waals surface area (Å²) < 4.78 is 5.91. The molecule has 0 N–H and O–H groups in total. The van der Waals surface area contributed by atoms with Crippen LogP contribution in [0, 0.1) is 0 Å². The fourth-order valence-corrected chi connectivity index (χ4v) is 2.66. The Balaban J connectivity index is 1.94. The number of amides is 1. The summed E-state index contributed by atoms with van der Waals surface area (Å²) in [5.41, 5.74) is 2.18. The van der Waals surface area contributed by atoms with E-state index in [2.05, 4.69) is 19.1 Å². The highest BCUT2D eigenvalue weighted by Crippen LogP contribution is 2.29. The van der Waals surface area contributed by atoms with Gasteiger partial charge in [0, 0.05) is 18.7 Å². The van der Waals surface area contributed by atoms with Gasteiger partial charge in [-0.2, -0.15) is 0 Å². The van der Waals surface area contributed by atoms with Gasteiger partial charge < -0.3 is 9.64 Å². The molecule has 0 radical (unpaired) electrons. The van der Waals surface area contributed by atoms with Crippen LogP contribution in [0.5, 0.6) is 5.75 Å². The Morgan fingerprint density at radius 1 is 1.00 bits per heavy atom. The first-order valence-electron chi connectivity index (χ1n) is 8.81. The van der Waals surface area contributed by atoms with Crippen LogP contribution >= 0.6 is 0 Å². The number of benzene rings is 2. The van der Waals surface area contributed by atoms with Crippen molar-refractivity contribution in [1.29, 1.82) is 0 Å². The molecule has 1 amide bonds. The van der Waals surface area contributed by atoms with E-state index >= 15 is 0 Å². The van der Waals surface area contributed by atoms with Crippen LogP contribution < -0.4 is 4.74 Å². The number of unbranched alkanes of at least 4 members (excludes halogenated alkanes) is 1. The second-order valence-electron chi connectivity index (χ2n) is 5.79. The molecule has 0 bridgehead atoms. The van der Waals surface area contributed by atoms with Gasteiger partial charge in [0.25, 0.3) is 0 Å². The lowest BCUT2D eigenvalue weighted by molar-refractivity contribution is -0.131. The molecule has 3 heteroatoms. The lowest BCUT2D eigenvalue weighted by Crippen LogP contribution is -2.32. The molecule has 0 unspecified atom stereocenters. The predicted molar refractivity (Wildman–Crippen MR) is 99.2 cm³/mol. The molecule has 0 heterocycles. The highest BCUT2D eigenvalue weighted by molar-refractivity contribution is 5.76. The van der Waals surface area contributed by atoms with E-state index in [9.17, 15) is 4.79 Å². The molecule has 24 heavy (non-hydrogen) atoms. The summed E-state index contributed by atoms with van der Waals surface area (Å²) in [6.45, 7) is 6.18. The van der Waals surface area contributed by atoms with Crippen molar-refractivity contribution >= 4 is 5.91 Å². The van der Waals surface area contributed by atoms with Gasteiger partial charge in [-0.25, -0.2) is 0 Å². The summed E-state index contributed by atoms with van der Waals surface area (Å²) >= 11 is 0. The summed E-state index contributed by atoms with van der Waals surface area (Å²) in [5.74, 6) is 0.997. The van der Waals surface area contributed by atoms with Gasteiger partial charge in [0.1, 0.15) is 5.75 Å². The highest BCUT2D eigenvalue weighted by atomic mass is 16.5. The number of hydrogen-bond acceptors (Lipinski definition) is 2. The Hall–Kier alpha value is -2.29. The number of carbonyl (C=O) groups is 1. The first-order chi connectivity index (χ1) is 11.8. The first-order valence-corrected chi connectivity index (χ1v) is 8.81. The van der Waals surface area contributed by atoms with Crippen LogP contribution in [-0.2, 0) is 4.79 Å². The van der Waals surface area contributed by atoms with Crippen molar-refractivity contribution < 1.29 is 9.53 Å². The van der Waals surface area contributed by atoms with Crippen LogP contribution in [0.1, 0.15) is 33.1 Å². The molecule has 2 rings (SSSR count). The molecule has 0 aliphatic heterocycles. The lowest BCUT2D eigenvalue weighted by atomic mass is 10.1. The van der Waals surface area contributed by atoms with Crippen molar-refractivity contribution in [1.82, 2.24) is 4.90 Å². The lowest BCUT2D eigenvalue weighted by Gasteiger charge is -2.21. The molecule has 0 spiro atoms. The average molecular weight is 325 g/mol. The Morgan fingerprint density at radius 2 is 1.71 bits per heavy atom. The first kappa shape index (κ1) is 18.1. The third-order valence-electron chi connectivity index (χ3n) is 4.06. The average Bonchev–Trinajstić information content (AvgIpc) is 2.63. The Kier molecular flexibility index (Phi) is 7.34. The molecular formula is C21H27NO2. The minimum Gasteiger partial charge on any atom is -0.492 e. The van der Waals surface area contributed by atoms with Crippen LogP contribution in [0.4, 0.5) is 0 Å². The van der Waals surface area contributed by atoms with Crippen molar-refractivity contribution in [2.24, 2.45) is 0 Å². The fraction of sp³-hybridized carbons (Fsp3) is 0.381. The van der Waals surface area contributed by atoms with Crippen molar-refractivity contribution in [3.8, 4) is 16.9 Å². The number of hydrogen-bond donors (Lipinski definition) is 0. The molecule has 0 aromatic heterocycles. The van der Waals surface area contributed by atoms with Gasteiger partial charge in [0.05, 0.1) is 13.0 Å². The van der Waals surface area contributed by atoms with E-state index in [0.29, 0.717) is 13.0 Å². The SMILES string of the molecule is CCCCN(CC)C(=O)CCOc1ccccc1-c1ccccc1. The van der Waals surface area contributed by atoms with Crippen molar-refractivity contribution in [2.75, 3.05) is 19.7 Å². The number of rotatable bonds is 9. The van der Waals surface area contributed by atoms with E-state index in [1.165, 1.54) is 0 Å². The van der Waals surface area contributed by atoms with Crippen LogP contribution in [0.25, 0.3) is 11.1 Å². The van der Waals surface area contributed by atoms with Crippen LogP contribution in [0.3, 0.4) is 0 Å². The molecule has 2 aromatic carbocycles. The molecule has 0 atom stereocenters. The highest BCUT2D eigenvalue weighted by Gasteiger charge is 2.12. The zero-order chi connectivity index (χ0) is 17.2. The minimum absolute atomic E-state index is 0.170. The predicted octanol–water partition coefficient (Wildman–Crippen LogP) is 4.77. The maximum absolute atomic E-state index is 12.3. The van der Waals surface area contributed by atoms with Crippen molar-refractivity contribution in [3.63, 3.8) is 0 Å². The van der Waals surface area contributed by atoms with Crippen LogP contribution in [-0.4, -0.2) is 30.5 Å². The normalized spacial score (nSPS) is 10.4. The van der Waals surface area contributed by atoms with E-state index in [-0.39, 0.29) is 5.91 Å². The Morgan fingerprint density at radius 3 is 2.42 bits per heavy atom. The third-order valence-corrected chi connectivity index (χ3v) is 4.06. The smallest absolute Gasteiger partial charge is 0.225 e. The van der Waals surface area contributed by atoms with Gasteiger partial charge >= 0.3 is 0 Å². The molecule has 0 fully saturated rings. The van der Waals surface area contributed by atoms with Gasteiger partial charge in [-0.3, -0.25) is 4.79 Å². The van der Waals surface area contributed by atoms with E-state index in [1.807, 2.05) is 54.3 Å². The number of ether oxygens (including phenoxy) is 1. The van der Waals surface area contributed by atoms with Crippen molar-refractivity contribution in [3.05, 3.63) is 54.6 Å². The van der Waals surface area contributed by atoms with E-state index in [0.717, 1.165) is 42.8 Å². The van der Waals surface area contributed by atoms with Crippen LogP contribution in [0.2, 0.25) is 0 Å². The summed E-state index contributed by atoms with van der Waals surface area (Å²) in [5, 5.41) is 0. The molecule has 3 nitrogen and oxygen atoms in total. The molecule has 0 saturated carbocycles. The molecule has 2 aromatic rings. The quantitative estimate of drug-likeness (QED) is 0.664. The maximum atomic E-state index is 12.3. The van der Waals surface area contributed by atoms with Gasteiger partial charge in [-0.15, -0.1) is 0 Å². The Labute approximate surface area is 145 Å². The minimum atomic E-state index is 0.170. The molecule has 0 saturated heterocycles. The van der Waals surface area contributed by atoms with Crippen molar-refractivity contribution in [2.45, 2.75) is 33.1 Å². The summed E-state index contributed by atoms with van der Waals surface area (Å²) in [4.78, 5) is 14.2. The maximum Gasteiger partial charge on any atom is 0.225 e. The van der Waals surface area contributed by atoms with E-state index < -0.39 is 0 Å². The fourth-order valence-electron chi connectivity index (χ4n) is 2.66. The second kappa shape index (κ2) is 9.76. The number of carbonyl (C=O) groups excluding carboxylic acids is 1. The number of nitrogens with zero attached hydrogens (tertiary/aromatic N) is 1. The zero-order valence-corrected chi connectivity index (χ0v) is 14.7. The summed E-state index contributed by atoms with van der Waals surface area (Å²) in [7, 11) is 0. The van der Waals surface area contributed by atoms with Crippen LogP contribution in [0.15, 0.2) is 54.6 Å². The molecular weight excluding hydrogens is 298 g/mol. The standard InChI is InChI=1S/C21H27NO2/c1-3-5-16-22(4-2)21(23)15-17-24-20-14-10-9-13-19(20)18-11-7-6-8-12-18/h6-14H,3-5,15-17H2,1-2H3. The summed E-state index contributed by atoms with van der Waals surface area (Å²) in [6.07, 6.45) is 2.57. The second-order valence-corrected chi connectivity index (χ2v) is 5.79. The van der Waals surface area contributed by atoms with Gasteiger partial charge in [-0.05, 0) is 25.0 Å². The van der Waals surface area contributed by atoms with Gasteiger partial charge in [0.2, 0.25) is 5.91 Å². The zero-order valence-electron chi connectivity index (χ0n) is 14.7. The Bertz CT molecular complexity index is 625. The van der Waals surface area contributed by atoms with Gasteiger partial charge in [-0.1, -0.05) is 61.9 Å². The topological polar surface area (TPSA) is 29.5 Å². The van der Waals surface area contributed by atoms with Gasteiger partial charge in [0.15, 0.2) is 0 Å². The van der Waals surface area contributed by atoms with E-state index in [1.54, 1.807) is 0 Å². The molecule has 0 aliphatic carbocycles. The summed E-state index contributed by atoms with van der Waals surface area (Å²) in [6, 6.07) is 18.1. The molecule has 128 valence electrons. The largest absolute Gasteiger partial charge is 0.492 e. The molecule has 0 aliphatic rings. The third kappa shape index (κ3) is 5.12. The number of para-hydroxylation sites is 1. The monoisotopic (exact) mass is 325 g/mol.